The summed E-state index contributed by atoms with van der Waals surface area (Å²) in [4.78, 5) is 27.4. The van der Waals surface area contributed by atoms with E-state index >= 15 is 0 Å². The summed E-state index contributed by atoms with van der Waals surface area (Å²) >= 11 is 0. The summed E-state index contributed by atoms with van der Waals surface area (Å²) in [5.41, 5.74) is 0.550. The van der Waals surface area contributed by atoms with Crippen LogP contribution in [-0.2, 0) is 14.1 Å². The molecule has 0 atom stereocenters. The molecular weight excluding hydrogens is 269 g/mol. The molecule has 0 spiro atoms. The van der Waals surface area contributed by atoms with E-state index in [1.807, 2.05) is 0 Å². The second kappa shape index (κ2) is 5.39. The molecule has 0 aromatic heterocycles. The molecular formula is C10H9F2O5P. The van der Waals surface area contributed by atoms with Crippen LogP contribution in [0.4, 0.5) is 8.78 Å². The molecule has 8 heteroatoms. The molecule has 0 radical (unpaired) electrons. The molecule has 0 aliphatic carbocycles. The summed E-state index contributed by atoms with van der Waals surface area (Å²) in [5.74, 6) is -6.38. The molecule has 2 N–H and O–H groups in total. The number of hydrogen-bond acceptors (Lipinski definition) is 3. The third kappa shape index (κ3) is 4.03. The van der Waals surface area contributed by atoms with Gasteiger partial charge >= 0.3 is 19.4 Å². The van der Waals surface area contributed by atoms with Crippen LogP contribution in [0.15, 0.2) is 36.4 Å². The predicted octanol–water partition coefficient (Wildman–Crippen LogP) is 1.97. The highest BCUT2D eigenvalue weighted by Crippen LogP contribution is 2.53. The van der Waals surface area contributed by atoms with Crippen molar-refractivity contribution >= 4 is 19.6 Å². The van der Waals surface area contributed by atoms with Crippen LogP contribution in [0.5, 0.6) is 0 Å². The van der Waals surface area contributed by atoms with Gasteiger partial charge in [0.25, 0.3) is 0 Å². The van der Waals surface area contributed by atoms with E-state index in [0.717, 1.165) is 0 Å². The Hall–Kier alpha value is -1.56. The maximum atomic E-state index is 12.7. The second-order valence-electron chi connectivity index (χ2n) is 3.20. The van der Waals surface area contributed by atoms with Crippen LogP contribution in [0.25, 0.3) is 6.08 Å². The fraction of sp³-hybridized carbons (Fsp3) is 0.100. The smallest absolute Gasteiger partial charge is 0.388 e. The van der Waals surface area contributed by atoms with E-state index in [1.54, 1.807) is 30.3 Å². The summed E-state index contributed by atoms with van der Waals surface area (Å²) < 4.78 is 39.0. The van der Waals surface area contributed by atoms with Gasteiger partial charge < -0.3 is 14.5 Å². The van der Waals surface area contributed by atoms with Crippen molar-refractivity contribution in [3.8, 4) is 0 Å². The molecule has 98 valence electrons. The normalized spacial score (nSPS) is 12.7. The SMILES string of the molecule is O=C(/C=C/c1ccccc1)OC(F)(F)P(=O)(O)O. The van der Waals surface area contributed by atoms with Gasteiger partial charge in [-0.3, -0.25) is 0 Å². The van der Waals surface area contributed by atoms with Crippen molar-refractivity contribution in [3.63, 3.8) is 0 Å². The maximum absolute atomic E-state index is 12.7. The number of esters is 1. The Labute approximate surface area is 101 Å². The molecule has 0 aliphatic rings. The van der Waals surface area contributed by atoms with E-state index in [0.29, 0.717) is 11.6 Å². The molecule has 0 heterocycles. The first-order valence-corrected chi connectivity index (χ1v) is 6.23. The predicted molar refractivity (Wildman–Crippen MR) is 58.6 cm³/mol. The lowest BCUT2D eigenvalue weighted by Crippen LogP contribution is -2.23. The maximum Gasteiger partial charge on any atom is 0.506 e. The Morgan fingerprint density at radius 1 is 1.28 bits per heavy atom. The monoisotopic (exact) mass is 278 g/mol. The van der Waals surface area contributed by atoms with E-state index in [9.17, 15) is 18.1 Å². The van der Waals surface area contributed by atoms with Crippen molar-refractivity contribution in [1.29, 1.82) is 0 Å². The van der Waals surface area contributed by atoms with Crippen molar-refractivity contribution in [2.75, 3.05) is 0 Å². The van der Waals surface area contributed by atoms with Crippen molar-refractivity contribution < 1.29 is 32.7 Å². The third-order valence-corrected chi connectivity index (χ3v) is 2.54. The van der Waals surface area contributed by atoms with E-state index in [2.05, 4.69) is 4.74 Å². The second-order valence-corrected chi connectivity index (χ2v) is 4.80. The lowest BCUT2D eigenvalue weighted by Gasteiger charge is -2.15. The summed E-state index contributed by atoms with van der Waals surface area (Å²) in [7, 11) is -5.83. The average molecular weight is 278 g/mol. The average Bonchev–Trinajstić information content (AvgIpc) is 2.26. The summed E-state index contributed by atoms with van der Waals surface area (Å²) in [6, 6.07) is 8.25. The first-order chi connectivity index (χ1) is 8.22. The van der Waals surface area contributed by atoms with Gasteiger partial charge in [-0.25, -0.2) is 9.36 Å². The number of carbonyl (C=O) groups is 1. The largest absolute Gasteiger partial charge is 0.506 e. The quantitative estimate of drug-likeness (QED) is 0.499. The number of ether oxygens (including phenoxy) is 1. The molecule has 18 heavy (non-hydrogen) atoms. The Balaban J connectivity index is 2.69. The lowest BCUT2D eigenvalue weighted by atomic mass is 10.2. The molecule has 1 aromatic rings. The lowest BCUT2D eigenvalue weighted by molar-refractivity contribution is -0.193. The zero-order chi connectivity index (χ0) is 13.8. The molecule has 1 aromatic carbocycles. The molecule has 0 saturated carbocycles. The van der Waals surface area contributed by atoms with Crippen molar-refractivity contribution in [2.45, 2.75) is 5.85 Å². The van der Waals surface area contributed by atoms with Crippen LogP contribution in [0.3, 0.4) is 0 Å². The van der Waals surface area contributed by atoms with Gasteiger partial charge in [0.2, 0.25) is 0 Å². The van der Waals surface area contributed by atoms with Gasteiger partial charge in [0, 0.05) is 6.08 Å². The van der Waals surface area contributed by atoms with Crippen LogP contribution in [0.1, 0.15) is 5.56 Å². The topological polar surface area (TPSA) is 83.8 Å². The molecule has 5 nitrogen and oxygen atoms in total. The zero-order valence-electron chi connectivity index (χ0n) is 8.86. The van der Waals surface area contributed by atoms with Crippen LogP contribution < -0.4 is 0 Å². The van der Waals surface area contributed by atoms with Gasteiger partial charge in [0.05, 0.1) is 0 Å². The van der Waals surface area contributed by atoms with E-state index in [1.165, 1.54) is 6.08 Å². The van der Waals surface area contributed by atoms with Crippen molar-refractivity contribution in [1.82, 2.24) is 0 Å². The summed E-state index contributed by atoms with van der Waals surface area (Å²) in [5, 5.41) is 0. The first kappa shape index (κ1) is 14.5. The van der Waals surface area contributed by atoms with Gasteiger partial charge in [0.1, 0.15) is 0 Å². The first-order valence-electron chi connectivity index (χ1n) is 4.62. The van der Waals surface area contributed by atoms with Gasteiger partial charge in [0.15, 0.2) is 0 Å². The van der Waals surface area contributed by atoms with Gasteiger partial charge in [-0.05, 0) is 11.6 Å². The summed E-state index contributed by atoms with van der Waals surface area (Å²) in [6.07, 6.45) is 1.83. The van der Waals surface area contributed by atoms with E-state index in [-0.39, 0.29) is 0 Å². The van der Waals surface area contributed by atoms with Crippen LogP contribution in [-0.4, -0.2) is 21.6 Å². The highest BCUT2D eigenvalue weighted by molar-refractivity contribution is 7.52. The Bertz CT molecular complexity index is 494. The minimum absolute atomic E-state index is 0.550. The minimum Gasteiger partial charge on any atom is -0.388 e. The number of rotatable bonds is 4. The van der Waals surface area contributed by atoms with Crippen LogP contribution in [0, 0.1) is 0 Å². The Morgan fingerprint density at radius 2 is 1.83 bits per heavy atom. The minimum atomic E-state index is -5.83. The molecule has 0 saturated heterocycles. The summed E-state index contributed by atoms with van der Waals surface area (Å²) in [6.45, 7) is 0. The number of alkyl halides is 2. The van der Waals surface area contributed by atoms with Crippen LogP contribution in [0.2, 0.25) is 0 Å². The Morgan fingerprint density at radius 3 is 2.33 bits per heavy atom. The van der Waals surface area contributed by atoms with Crippen molar-refractivity contribution in [3.05, 3.63) is 42.0 Å². The van der Waals surface area contributed by atoms with Crippen molar-refractivity contribution in [2.24, 2.45) is 0 Å². The highest BCUT2D eigenvalue weighted by Gasteiger charge is 2.53. The number of hydrogen-bond donors (Lipinski definition) is 2. The fourth-order valence-corrected chi connectivity index (χ4v) is 1.15. The molecule has 0 aliphatic heterocycles. The van der Waals surface area contributed by atoms with Gasteiger partial charge in [-0.1, -0.05) is 30.3 Å². The molecule has 0 amide bonds. The molecule has 0 fully saturated rings. The Kier molecular flexibility index (Phi) is 4.34. The zero-order valence-corrected chi connectivity index (χ0v) is 9.76. The van der Waals surface area contributed by atoms with Crippen LogP contribution >= 0.6 is 7.60 Å². The van der Waals surface area contributed by atoms with Gasteiger partial charge in [-0.15, -0.1) is 0 Å². The van der Waals surface area contributed by atoms with E-state index < -0.39 is 19.4 Å². The number of benzene rings is 1. The fourth-order valence-electron chi connectivity index (χ4n) is 0.943. The number of halogens is 2. The third-order valence-electron chi connectivity index (χ3n) is 1.77. The molecule has 0 bridgehead atoms. The standard InChI is InChI=1S/C10H9F2O5P/c11-10(12,18(14,15)16)17-9(13)7-6-8-4-2-1-3-5-8/h1-7H,(H2,14,15,16)/b7-6+. The van der Waals surface area contributed by atoms with E-state index in [4.69, 9.17) is 9.79 Å². The number of carbonyl (C=O) groups excluding carboxylic acids is 1. The highest BCUT2D eigenvalue weighted by atomic mass is 31.2. The molecule has 0 unspecified atom stereocenters. The molecule has 1 rings (SSSR count). The van der Waals surface area contributed by atoms with Gasteiger partial charge in [-0.2, -0.15) is 8.78 Å².